The van der Waals surface area contributed by atoms with Crippen LogP contribution in [-0.2, 0) is 6.42 Å². The molecule has 0 aliphatic carbocycles. The molecule has 4 nitrogen and oxygen atoms in total. The molecule has 0 spiro atoms. The average Bonchev–Trinajstić information content (AvgIpc) is 2.41. The molecular formula is C15H26N4. The van der Waals surface area contributed by atoms with Crippen molar-refractivity contribution in [3.05, 3.63) is 35.4 Å². The van der Waals surface area contributed by atoms with E-state index in [-0.39, 0.29) is 6.04 Å². The zero-order valence-corrected chi connectivity index (χ0v) is 12.3. The van der Waals surface area contributed by atoms with Gasteiger partial charge in [-0.25, -0.2) is 0 Å². The van der Waals surface area contributed by atoms with Crippen LogP contribution in [0.1, 0.15) is 11.1 Å². The molecule has 0 saturated carbocycles. The quantitative estimate of drug-likeness (QED) is 0.617. The molecular weight excluding hydrogens is 236 g/mol. The van der Waals surface area contributed by atoms with Crippen LogP contribution in [0.2, 0.25) is 0 Å². The number of hydrogen-bond acceptors (Lipinski definition) is 4. The van der Waals surface area contributed by atoms with Crippen molar-refractivity contribution in [3.63, 3.8) is 0 Å². The summed E-state index contributed by atoms with van der Waals surface area (Å²) in [5.41, 5.74) is 5.75. The normalized spacial score (nSPS) is 23.5. The van der Waals surface area contributed by atoms with Crippen LogP contribution >= 0.6 is 0 Å². The highest BCUT2D eigenvalue weighted by molar-refractivity contribution is 5.26. The Labute approximate surface area is 116 Å². The summed E-state index contributed by atoms with van der Waals surface area (Å²) in [6.07, 6.45) is 0.978. The predicted octanol–water partition coefficient (Wildman–Crippen LogP) is 0.615. The van der Waals surface area contributed by atoms with Gasteiger partial charge in [0.1, 0.15) is 0 Å². The summed E-state index contributed by atoms with van der Waals surface area (Å²) < 4.78 is 0. The molecule has 1 saturated heterocycles. The molecule has 0 aromatic heterocycles. The molecule has 0 amide bonds. The van der Waals surface area contributed by atoms with Crippen molar-refractivity contribution in [3.8, 4) is 0 Å². The third-order valence-corrected chi connectivity index (χ3v) is 4.28. The molecule has 1 fully saturated rings. The topological polar surface area (TPSA) is 44.5 Å². The molecule has 106 valence electrons. The van der Waals surface area contributed by atoms with Crippen LogP contribution in [0.3, 0.4) is 0 Å². The first-order valence-corrected chi connectivity index (χ1v) is 7.01. The Morgan fingerprint density at radius 1 is 1.32 bits per heavy atom. The Kier molecular flexibility index (Phi) is 4.93. The summed E-state index contributed by atoms with van der Waals surface area (Å²) in [7, 11) is 4.38. The monoisotopic (exact) mass is 262 g/mol. The van der Waals surface area contributed by atoms with Crippen molar-refractivity contribution in [2.75, 3.05) is 33.7 Å². The highest BCUT2D eigenvalue weighted by Crippen LogP contribution is 2.16. The van der Waals surface area contributed by atoms with Crippen molar-refractivity contribution >= 4 is 0 Å². The minimum atomic E-state index is 0.286. The molecule has 0 radical (unpaired) electrons. The van der Waals surface area contributed by atoms with E-state index in [2.05, 4.69) is 60.5 Å². The van der Waals surface area contributed by atoms with Crippen molar-refractivity contribution in [1.82, 2.24) is 15.2 Å². The number of hydrazine groups is 1. The van der Waals surface area contributed by atoms with Gasteiger partial charge in [-0.05, 0) is 38.6 Å². The van der Waals surface area contributed by atoms with E-state index < -0.39 is 0 Å². The van der Waals surface area contributed by atoms with Crippen molar-refractivity contribution in [2.24, 2.45) is 5.84 Å². The van der Waals surface area contributed by atoms with Crippen LogP contribution in [0.15, 0.2) is 24.3 Å². The fraction of sp³-hybridized carbons (Fsp3) is 0.600. The predicted molar refractivity (Wildman–Crippen MR) is 79.9 cm³/mol. The molecule has 1 aromatic carbocycles. The summed E-state index contributed by atoms with van der Waals surface area (Å²) in [5.74, 6) is 5.81. The Hall–Kier alpha value is -0.940. The lowest BCUT2D eigenvalue weighted by Crippen LogP contribution is -2.60. The first-order chi connectivity index (χ1) is 9.11. The molecule has 1 heterocycles. The SMILES string of the molecule is Cc1ccccc1CC(NN)C1CN(C)CCN1C. The van der Waals surface area contributed by atoms with Crippen molar-refractivity contribution in [2.45, 2.75) is 25.4 Å². The van der Waals surface area contributed by atoms with E-state index in [1.54, 1.807) is 0 Å². The summed E-state index contributed by atoms with van der Waals surface area (Å²) in [5, 5.41) is 0. The third-order valence-electron chi connectivity index (χ3n) is 4.28. The van der Waals surface area contributed by atoms with Gasteiger partial charge in [0.25, 0.3) is 0 Å². The van der Waals surface area contributed by atoms with E-state index in [1.165, 1.54) is 11.1 Å². The van der Waals surface area contributed by atoms with E-state index in [1.807, 2.05) is 0 Å². The first kappa shape index (κ1) is 14.5. The molecule has 19 heavy (non-hydrogen) atoms. The number of hydrogen-bond donors (Lipinski definition) is 2. The van der Waals surface area contributed by atoms with E-state index in [4.69, 9.17) is 5.84 Å². The third kappa shape index (κ3) is 3.54. The van der Waals surface area contributed by atoms with E-state index in [0.717, 1.165) is 26.1 Å². The fourth-order valence-electron chi connectivity index (χ4n) is 2.86. The highest BCUT2D eigenvalue weighted by atomic mass is 15.3. The Bertz CT molecular complexity index is 407. The number of nitrogens with one attached hydrogen (secondary N) is 1. The van der Waals surface area contributed by atoms with Gasteiger partial charge in [0.15, 0.2) is 0 Å². The van der Waals surface area contributed by atoms with Gasteiger partial charge in [-0.3, -0.25) is 16.2 Å². The van der Waals surface area contributed by atoms with Gasteiger partial charge < -0.3 is 4.90 Å². The molecule has 1 aliphatic rings. The van der Waals surface area contributed by atoms with Gasteiger partial charge in [-0.15, -0.1) is 0 Å². The van der Waals surface area contributed by atoms with Gasteiger partial charge in [-0.1, -0.05) is 24.3 Å². The second-order valence-corrected chi connectivity index (χ2v) is 5.71. The van der Waals surface area contributed by atoms with Crippen LogP contribution in [0.5, 0.6) is 0 Å². The molecule has 4 heteroatoms. The van der Waals surface area contributed by atoms with Crippen molar-refractivity contribution in [1.29, 1.82) is 0 Å². The minimum absolute atomic E-state index is 0.286. The lowest BCUT2D eigenvalue weighted by Gasteiger charge is -2.41. The Morgan fingerprint density at radius 3 is 2.74 bits per heavy atom. The van der Waals surface area contributed by atoms with Crippen LogP contribution in [0.4, 0.5) is 0 Å². The number of benzene rings is 1. The minimum Gasteiger partial charge on any atom is -0.303 e. The van der Waals surface area contributed by atoms with Gasteiger partial charge in [-0.2, -0.15) is 0 Å². The van der Waals surface area contributed by atoms with Crippen LogP contribution in [0, 0.1) is 6.92 Å². The lowest BCUT2D eigenvalue weighted by atomic mass is 9.95. The van der Waals surface area contributed by atoms with Crippen LogP contribution < -0.4 is 11.3 Å². The summed E-state index contributed by atoms with van der Waals surface area (Å²) in [6.45, 7) is 5.47. The molecule has 2 rings (SSSR count). The molecule has 3 N–H and O–H groups in total. The molecule has 2 atom stereocenters. The number of aryl methyl sites for hydroxylation is 1. The number of rotatable bonds is 4. The Morgan fingerprint density at radius 2 is 2.05 bits per heavy atom. The maximum atomic E-state index is 5.81. The molecule has 1 aliphatic heterocycles. The number of piperazine rings is 1. The number of nitrogens with zero attached hydrogens (tertiary/aromatic N) is 2. The second-order valence-electron chi connectivity index (χ2n) is 5.71. The van der Waals surface area contributed by atoms with E-state index in [0.29, 0.717) is 6.04 Å². The second kappa shape index (κ2) is 6.48. The summed E-state index contributed by atoms with van der Waals surface area (Å²) >= 11 is 0. The fourth-order valence-corrected chi connectivity index (χ4v) is 2.86. The average molecular weight is 262 g/mol. The molecule has 0 bridgehead atoms. The smallest absolute Gasteiger partial charge is 0.0418 e. The Balaban J connectivity index is 2.09. The maximum absolute atomic E-state index is 5.81. The first-order valence-electron chi connectivity index (χ1n) is 7.01. The largest absolute Gasteiger partial charge is 0.303 e. The summed E-state index contributed by atoms with van der Waals surface area (Å²) in [4.78, 5) is 4.80. The zero-order chi connectivity index (χ0) is 13.8. The van der Waals surface area contributed by atoms with Crippen LogP contribution in [0.25, 0.3) is 0 Å². The zero-order valence-electron chi connectivity index (χ0n) is 12.3. The van der Waals surface area contributed by atoms with E-state index in [9.17, 15) is 0 Å². The number of nitrogens with two attached hydrogens (primary N) is 1. The standard InChI is InChI=1S/C15H26N4/c1-12-6-4-5-7-13(12)10-14(17-16)15-11-18(2)8-9-19(15)3/h4-7,14-15,17H,8-11,16H2,1-3H3. The highest BCUT2D eigenvalue weighted by Gasteiger charge is 2.29. The van der Waals surface area contributed by atoms with Gasteiger partial charge in [0.2, 0.25) is 0 Å². The van der Waals surface area contributed by atoms with Crippen LogP contribution in [-0.4, -0.2) is 55.6 Å². The van der Waals surface area contributed by atoms with E-state index >= 15 is 0 Å². The van der Waals surface area contributed by atoms with Crippen molar-refractivity contribution < 1.29 is 0 Å². The molecule has 2 unspecified atom stereocenters. The summed E-state index contributed by atoms with van der Waals surface area (Å²) in [6, 6.07) is 9.31. The maximum Gasteiger partial charge on any atom is 0.0418 e. The number of likely N-dealkylation sites (N-methyl/N-ethyl adjacent to an activating group) is 2. The van der Waals surface area contributed by atoms with Gasteiger partial charge in [0.05, 0.1) is 0 Å². The lowest BCUT2D eigenvalue weighted by molar-refractivity contribution is 0.0876. The van der Waals surface area contributed by atoms with Gasteiger partial charge in [0, 0.05) is 31.7 Å². The molecule has 1 aromatic rings. The van der Waals surface area contributed by atoms with Gasteiger partial charge >= 0.3 is 0 Å².